The zero-order valence-corrected chi connectivity index (χ0v) is 32.2. The van der Waals surface area contributed by atoms with Crippen LogP contribution >= 0.6 is 0 Å². The normalized spacial score (nSPS) is 25.1. The number of aromatic nitrogens is 1. The highest BCUT2D eigenvalue weighted by Crippen LogP contribution is 2.46. The topological polar surface area (TPSA) is 167 Å². The number of nitrogens with one attached hydrogen (secondary N) is 3. The summed E-state index contributed by atoms with van der Waals surface area (Å²) >= 11 is 0. The van der Waals surface area contributed by atoms with E-state index in [2.05, 4.69) is 21.9 Å². The number of likely N-dealkylation sites (tertiary alicyclic amines) is 2. The molecule has 1 aromatic heterocycles. The molecular formula is C40H49FN6O7S. The van der Waals surface area contributed by atoms with E-state index in [9.17, 15) is 36.8 Å². The molecule has 15 heteroatoms. The van der Waals surface area contributed by atoms with Crippen LogP contribution in [0.2, 0.25) is 0 Å². The summed E-state index contributed by atoms with van der Waals surface area (Å²) < 4.78 is 43.1. The Kier molecular flexibility index (Phi) is 10.1. The van der Waals surface area contributed by atoms with Gasteiger partial charge < -0.3 is 20.4 Å². The van der Waals surface area contributed by atoms with Gasteiger partial charge in [-0.1, -0.05) is 63.2 Å². The third kappa shape index (κ3) is 7.47. The Balaban J connectivity index is 1.17. The molecule has 0 radical (unpaired) electrons. The maximum absolute atomic E-state index is 14.7. The molecule has 3 aromatic rings. The molecule has 13 nitrogen and oxygen atoms in total. The fraction of sp³-hybridized carbons (Fsp3) is 0.525. The van der Waals surface area contributed by atoms with Crippen molar-refractivity contribution in [3.8, 4) is 0 Å². The van der Waals surface area contributed by atoms with Gasteiger partial charge in [0.25, 0.3) is 5.91 Å². The summed E-state index contributed by atoms with van der Waals surface area (Å²) in [6, 6.07) is 12.7. The van der Waals surface area contributed by atoms with Gasteiger partial charge >= 0.3 is 6.03 Å². The summed E-state index contributed by atoms with van der Waals surface area (Å²) in [6.45, 7) is 9.72. The van der Waals surface area contributed by atoms with Gasteiger partial charge in [-0.25, -0.2) is 17.6 Å². The molecule has 5 amide bonds. The molecule has 2 saturated carbocycles. The van der Waals surface area contributed by atoms with Crippen LogP contribution in [-0.2, 0) is 29.2 Å². The third-order valence-corrected chi connectivity index (χ3v) is 13.6. The molecule has 294 valence electrons. The number of hydrogen-bond acceptors (Lipinski definition) is 7. The molecule has 0 bridgehead atoms. The van der Waals surface area contributed by atoms with E-state index in [1.807, 2.05) is 69.3 Å². The molecule has 55 heavy (non-hydrogen) atoms. The zero-order valence-electron chi connectivity index (χ0n) is 31.4. The molecule has 2 saturated heterocycles. The Labute approximate surface area is 320 Å². The summed E-state index contributed by atoms with van der Waals surface area (Å²) in [5.74, 6) is -3.73. The van der Waals surface area contributed by atoms with Crippen LogP contribution in [0.25, 0.3) is 21.8 Å². The number of piperidine rings is 1. The number of rotatable bonds is 10. The SMILES string of the molecule is C=C[C@@H]1C[C@]1(NC(=O)[C@@H]1C[C@@H](NC(=O)n2c3ccccc3c3ccccc32)CN1C(=O)[C@@H](CC(=O)N1CCC(F)CC1)C(C)(C)C)C(=O)NS(=O)(=O)C1CC1. The van der Waals surface area contributed by atoms with Crippen molar-refractivity contribution in [1.29, 1.82) is 0 Å². The number of amides is 5. The molecular weight excluding hydrogens is 728 g/mol. The standard InChI is InChI=1S/C40H49FN6O7S/c1-5-24-22-40(24,37(51)44-55(53,54)27-14-15-27)43-35(49)33-20-26(42-38(52)47-31-12-8-6-10-28(31)29-11-7-9-13-32(29)47)23-46(33)36(50)30(39(2,3)4)21-34(48)45-18-16-25(41)17-19-45/h5-13,24-27,30,33H,1,14-23H2,2-4H3,(H,42,52)(H,43,49)(H,44,51)/t24-,26-,30-,33+,40-/m1/s1. The first kappa shape index (κ1) is 38.5. The highest BCUT2D eigenvalue weighted by atomic mass is 32.2. The minimum absolute atomic E-state index is 0.00784. The van der Waals surface area contributed by atoms with Crippen molar-refractivity contribution < 1.29 is 36.8 Å². The second-order valence-corrected chi connectivity index (χ2v) is 18.6. The first-order valence-corrected chi connectivity index (χ1v) is 20.6. The van der Waals surface area contributed by atoms with Crippen LogP contribution in [0.1, 0.15) is 65.7 Å². The molecule has 2 aliphatic carbocycles. The third-order valence-electron chi connectivity index (χ3n) is 11.7. The predicted octanol–water partition coefficient (Wildman–Crippen LogP) is 4.00. The Morgan fingerprint density at radius 1 is 0.964 bits per heavy atom. The highest BCUT2D eigenvalue weighted by molar-refractivity contribution is 7.91. The van der Waals surface area contributed by atoms with Gasteiger partial charge in [-0.2, -0.15) is 0 Å². The predicted molar refractivity (Wildman–Crippen MR) is 205 cm³/mol. The number of benzene rings is 2. The van der Waals surface area contributed by atoms with Crippen molar-refractivity contribution in [3.05, 3.63) is 61.2 Å². The van der Waals surface area contributed by atoms with Crippen LogP contribution in [0.15, 0.2) is 61.2 Å². The molecule has 2 aromatic carbocycles. The van der Waals surface area contributed by atoms with Crippen molar-refractivity contribution >= 4 is 61.5 Å². The monoisotopic (exact) mass is 776 g/mol. The quantitative estimate of drug-likeness (QED) is 0.262. The van der Waals surface area contributed by atoms with Crippen LogP contribution in [0.3, 0.4) is 0 Å². The Morgan fingerprint density at radius 3 is 2.11 bits per heavy atom. The molecule has 5 atom stereocenters. The lowest BCUT2D eigenvalue weighted by Crippen LogP contribution is -2.57. The van der Waals surface area contributed by atoms with Crippen LogP contribution in [-0.4, -0.2) is 101 Å². The summed E-state index contributed by atoms with van der Waals surface area (Å²) in [4.78, 5) is 73.3. The molecule has 7 rings (SSSR count). The van der Waals surface area contributed by atoms with Crippen molar-refractivity contribution in [3.63, 3.8) is 0 Å². The Hall–Kier alpha value is -4.79. The van der Waals surface area contributed by atoms with Gasteiger partial charge in [-0.05, 0) is 56.1 Å². The lowest BCUT2D eigenvalue weighted by molar-refractivity contribution is -0.149. The first-order chi connectivity index (χ1) is 26.0. The highest BCUT2D eigenvalue weighted by Gasteiger charge is 2.62. The lowest BCUT2D eigenvalue weighted by atomic mass is 9.77. The lowest BCUT2D eigenvalue weighted by Gasteiger charge is -2.37. The van der Waals surface area contributed by atoms with Crippen LogP contribution in [0, 0.1) is 17.3 Å². The van der Waals surface area contributed by atoms with E-state index in [1.165, 1.54) is 11.0 Å². The zero-order chi connectivity index (χ0) is 39.4. The van der Waals surface area contributed by atoms with Gasteiger partial charge in [-0.3, -0.25) is 28.5 Å². The largest absolute Gasteiger partial charge is 0.342 e. The molecule has 4 aliphatic rings. The van der Waals surface area contributed by atoms with Crippen LogP contribution in [0.5, 0.6) is 0 Å². The molecule has 3 N–H and O–H groups in total. The van der Waals surface area contributed by atoms with E-state index in [1.54, 1.807) is 9.47 Å². The second-order valence-electron chi connectivity index (χ2n) is 16.6. The molecule has 0 unspecified atom stereocenters. The van der Waals surface area contributed by atoms with Gasteiger partial charge in [0, 0.05) is 42.7 Å². The number of sulfonamides is 1. The number of nitrogens with zero attached hydrogens (tertiary/aromatic N) is 3. The molecule has 4 fully saturated rings. The van der Waals surface area contributed by atoms with Crippen molar-refractivity contribution in [2.75, 3.05) is 19.6 Å². The van der Waals surface area contributed by atoms with Crippen molar-refractivity contribution in [2.24, 2.45) is 17.3 Å². The number of halogens is 1. The average molecular weight is 777 g/mol. The fourth-order valence-corrected chi connectivity index (χ4v) is 9.56. The van der Waals surface area contributed by atoms with E-state index in [0.717, 1.165) is 10.8 Å². The number of para-hydroxylation sites is 2. The van der Waals surface area contributed by atoms with E-state index in [-0.39, 0.29) is 57.6 Å². The van der Waals surface area contributed by atoms with Crippen LogP contribution in [0.4, 0.5) is 9.18 Å². The average Bonchev–Trinajstić information content (AvgIpc) is 4.05. The van der Waals surface area contributed by atoms with E-state index >= 15 is 0 Å². The Bertz CT molecular complexity index is 2120. The van der Waals surface area contributed by atoms with Gasteiger partial charge in [0.2, 0.25) is 27.7 Å². The van der Waals surface area contributed by atoms with Gasteiger partial charge in [0.05, 0.1) is 28.2 Å². The van der Waals surface area contributed by atoms with Crippen molar-refractivity contribution in [1.82, 2.24) is 29.7 Å². The maximum Gasteiger partial charge on any atom is 0.326 e. The summed E-state index contributed by atoms with van der Waals surface area (Å²) in [5, 5.41) is 6.95. The summed E-state index contributed by atoms with van der Waals surface area (Å²) in [5.41, 5.74) is -0.952. The second kappa shape index (κ2) is 14.4. The summed E-state index contributed by atoms with van der Waals surface area (Å²) in [7, 11) is -3.92. The minimum atomic E-state index is -3.92. The number of carbonyl (C=O) groups excluding carboxylic acids is 5. The minimum Gasteiger partial charge on any atom is -0.342 e. The number of alkyl halides is 1. The fourth-order valence-electron chi connectivity index (χ4n) is 8.20. The van der Waals surface area contributed by atoms with Gasteiger partial charge in [-0.15, -0.1) is 6.58 Å². The van der Waals surface area contributed by atoms with E-state index < -0.39 is 80.1 Å². The molecule has 3 heterocycles. The van der Waals surface area contributed by atoms with Crippen molar-refractivity contribution in [2.45, 2.75) is 94.8 Å². The number of hydrogen-bond donors (Lipinski definition) is 3. The summed E-state index contributed by atoms with van der Waals surface area (Å²) in [6.07, 6.45) is 1.81. The number of carbonyl (C=O) groups is 5. The van der Waals surface area contributed by atoms with E-state index in [4.69, 9.17) is 0 Å². The maximum atomic E-state index is 14.7. The molecule has 2 aliphatic heterocycles. The van der Waals surface area contributed by atoms with E-state index in [0.29, 0.717) is 23.9 Å². The Morgan fingerprint density at radius 2 is 1.56 bits per heavy atom. The number of fused-ring (bicyclic) bond motifs is 3. The van der Waals surface area contributed by atoms with Gasteiger partial charge in [0.1, 0.15) is 17.8 Å². The molecule has 0 spiro atoms. The first-order valence-electron chi connectivity index (χ1n) is 19.1. The van der Waals surface area contributed by atoms with Gasteiger partial charge in [0.15, 0.2) is 0 Å². The van der Waals surface area contributed by atoms with Crippen LogP contribution < -0.4 is 15.4 Å². The smallest absolute Gasteiger partial charge is 0.326 e.